The lowest BCUT2D eigenvalue weighted by Gasteiger charge is -2.16. The van der Waals surface area contributed by atoms with E-state index < -0.39 is 11.8 Å². The number of hydrogen-bond acceptors (Lipinski definition) is 4. The molecule has 1 aromatic carbocycles. The zero-order valence-electron chi connectivity index (χ0n) is 10.3. The van der Waals surface area contributed by atoms with Gasteiger partial charge in [-0.15, -0.1) is 0 Å². The van der Waals surface area contributed by atoms with Crippen LogP contribution in [0.15, 0.2) is 12.1 Å². The lowest BCUT2D eigenvalue weighted by Crippen LogP contribution is -2.26. The molecular formula is C12H16ClNO4. The molecule has 0 aliphatic carbocycles. The minimum Gasteiger partial charge on any atom is -0.493 e. The highest BCUT2D eigenvalue weighted by molar-refractivity contribution is 6.30. The number of benzene rings is 1. The highest BCUT2D eigenvalue weighted by Crippen LogP contribution is 2.35. The van der Waals surface area contributed by atoms with E-state index in [-0.39, 0.29) is 13.2 Å². The molecule has 6 heteroatoms. The maximum atomic E-state index is 10.9. The van der Waals surface area contributed by atoms with E-state index in [1.807, 2.05) is 0 Å². The summed E-state index contributed by atoms with van der Waals surface area (Å²) >= 11 is 5.87. The number of primary amides is 1. The molecule has 1 atom stereocenters. The second kappa shape index (κ2) is 6.47. The Hall–Kier alpha value is -1.46. The fourth-order valence-corrected chi connectivity index (χ4v) is 1.58. The molecule has 0 fully saturated rings. The zero-order valence-corrected chi connectivity index (χ0v) is 11.0. The third-order valence-corrected chi connectivity index (χ3v) is 2.67. The Bertz CT molecular complexity index is 411. The predicted molar refractivity (Wildman–Crippen MR) is 67.8 cm³/mol. The van der Waals surface area contributed by atoms with Gasteiger partial charge in [0.2, 0.25) is 5.91 Å². The smallest absolute Gasteiger partial charge is 0.223 e. The highest BCUT2D eigenvalue weighted by Gasteiger charge is 2.15. The van der Waals surface area contributed by atoms with Crippen LogP contribution in [0.5, 0.6) is 11.5 Å². The summed E-state index contributed by atoms with van der Waals surface area (Å²) in [6.07, 6.45) is 0. The average molecular weight is 274 g/mol. The number of halogens is 1. The Morgan fingerprint density at radius 3 is 2.72 bits per heavy atom. The van der Waals surface area contributed by atoms with E-state index in [1.165, 1.54) is 7.11 Å². The molecule has 5 nitrogen and oxygen atoms in total. The predicted octanol–water partition coefficient (Wildman–Crippen LogP) is 1.34. The van der Waals surface area contributed by atoms with E-state index in [9.17, 15) is 9.90 Å². The number of ether oxygens (including phenoxy) is 2. The molecule has 0 spiro atoms. The van der Waals surface area contributed by atoms with Crippen LogP contribution < -0.4 is 15.2 Å². The molecule has 0 saturated carbocycles. The van der Waals surface area contributed by atoms with Gasteiger partial charge in [0.15, 0.2) is 11.5 Å². The third-order valence-electron chi connectivity index (χ3n) is 2.45. The zero-order chi connectivity index (χ0) is 13.7. The Labute approximate surface area is 110 Å². The van der Waals surface area contributed by atoms with Gasteiger partial charge in [0.1, 0.15) is 0 Å². The standard InChI is InChI=1S/C12H16ClNO4/c1-7(12(14)16)6-18-11-8(5-15)3-9(13)4-10(11)17-2/h3-4,7,15H,5-6H2,1-2H3,(H2,14,16). The minimum absolute atomic E-state index is 0.111. The van der Waals surface area contributed by atoms with Gasteiger partial charge in [0.25, 0.3) is 0 Å². The molecule has 3 N–H and O–H groups in total. The fourth-order valence-electron chi connectivity index (χ4n) is 1.35. The molecule has 1 aromatic rings. The second-order valence-corrected chi connectivity index (χ2v) is 4.31. The van der Waals surface area contributed by atoms with Crippen LogP contribution in [0.25, 0.3) is 0 Å². The summed E-state index contributed by atoms with van der Waals surface area (Å²) in [5.74, 6) is -0.105. The molecule has 0 aliphatic heterocycles. The van der Waals surface area contributed by atoms with Crippen LogP contribution in [-0.4, -0.2) is 24.7 Å². The number of carbonyl (C=O) groups excluding carboxylic acids is 1. The summed E-state index contributed by atoms with van der Waals surface area (Å²) in [5, 5.41) is 9.69. The van der Waals surface area contributed by atoms with Gasteiger partial charge in [-0.3, -0.25) is 4.79 Å². The molecule has 18 heavy (non-hydrogen) atoms. The molecule has 1 rings (SSSR count). The van der Waals surface area contributed by atoms with Crippen molar-refractivity contribution in [1.29, 1.82) is 0 Å². The summed E-state index contributed by atoms with van der Waals surface area (Å²) in [4.78, 5) is 10.9. The van der Waals surface area contributed by atoms with E-state index in [0.717, 1.165) is 0 Å². The lowest BCUT2D eigenvalue weighted by molar-refractivity contribution is -0.122. The van der Waals surface area contributed by atoms with E-state index >= 15 is 0 Å². The molecule has 0 bridgehead atoms. The number of aliphatic hydroxyl groups is 1. The van der Waals surface area contributed by atoms with Crippen LogP contribution in [0.4, 0.5) is 0 Å². The molecule has 0 radical (unpaired) electrons. The van der Waals surface area contributed by atoms with Gasteiger partial charge in [-0.05, 0) is 6.07 Å². The Kier molecular flexibility index (Phi) is 5.25. The Morgan fingerprint density at radius 1 is 1.56 bits per heavy atom. The van der Waals surface area contributed by atoms with E-state index in [4.69, 9.17) is 26.8 Å². The molecule has 0 aliphatic rings. The van der Waals surface area contributed by atoms with Gasteiger partial charge in [-0.2, -0.15) is 0 Å². The molecule has 0 heterocycles. The normalized spacial score (nSPS) is 12.0. The quantitative estimate of drug-likeness (QED) is 0.819. The van der Waals surface area contributed by atoms with E-state index in [2.05, 4.69) is 0 Å². The molecule has 1 amide bonds. The van der Waals surface area contributed by atoms with Gasteiger partial charge in [-0.1, -0.05) is 18.5 Å². The lowest BCUT2D eigenvalue weighted by atomic mass is 10.1. The third kappa shape index (κ3) is 3.51. The fraction of sp³-hybridized carbons (Fsp3) is 0.417. The summed E-state index contributed by atoms with van der Waals surface area (Å²) in [6.45, 7) is 1.53. The highest BCUT2D eigenvalue weighted by atomic mass is 35.5. The minimum atomic E-state index is -0.450. The van der Waals surface area contributed by atoms with Gasteiger partial charge in [0.05, 0.1) is 26.2 Å². The van der Waals surface area contributed by atoms with Crippen molar-refractivity contribution in [3.05, 3.63) is 22.7 Å². The van der Waals surface area contributed by atoms with Gasteiger partial charge >= 0.3 is 0 Å². The topological polar surface area (TPSA) is 81.8 Å². The van der Waals surface area contributed by atoms with Crippen LogP contribution in [0.2, 0.25) is 5.02 Å². The number of aliphatic hydroxyl groups excluding tert-OH is 1. The van der Waals surface area contributed by atoms with Crippen molar-refractivity contribution in [3.63, 3.8) is 0 Å². The van der Waals surface area contributed by atoms with Crippen molar-refractivity contribution in [2.75, 3.05) is 13.7 Å². The largest absolute Gasteiger partial charge is 0.493 e. The molecular weight excluding hydrogens is 258 g/mol. The SMILES string of the molecule is COc1cc(Cl)cc(CO)c1OCC(C)C(N)=O. The first kappa shape index (κ1) is 14.6. The summed E-state index contributed by atoms with van der Waals surface area (Å²) in [6, 6.07) is 3.15. The number of hydrogen-bond donors (Lipinski definition) is 2. The Balaban J connectivity index is 2.95. The number of carbonyl (C=O) groups is 1. The van der Waals surface area contributed by atoms with Crippen molar-refractivity contribution < 1.29 is 19.4 Å². The number of nitrogens with two attached hydrogens (primary N) is 1. The van der Waals surface area contributed by atoms with Crippen molar-refractivity contribution in [2.24, 2.45) is 11.7 Å². The molecule has 0 aromatic heterocycles. The van der Waals surface area contributed by atoms with Crippen molar-refractivity contribution in [3.8, 4) is 11.5 Å². The van der Waals surface area contributed by atoms with Crippen molar-refractivity contribution in [2.45, 2.75) is 13.5 Å². The van der Waals surface area contributed by atoms with Crippen LogP contribution in [0.3, 0.4) is 0 Å². The van der Waals surface area contributed by atoms with Crippen molar-refractivity contribution in [1.82, 2.24) is 0 Å². The summed E-state index contributed by atoms with van der Waals surface area (Å²) in [7, 11) is 1.47. The number of rotatable bonds is 6. The summed E-state index contributed by atoms with van der Waals surface area (Å²) < 4.78 is 10.6. The van der Waals surface area contributed by atoms with Gasteiger partial charge in [-0.25, -0.2) is 0 Å². The van der Waals surface area contributed by atoms with Gasteiger partial charge in [0, 0.05) is 16.7 Å². The Morgan fingerprint density at radius 2 is 2.22 bits per heavy atom. The molecule has 1 unspecified atom stereocenters. The maximum Gasteiger partial charge on any atom is 0.223 e. The second-order valence-electron chi connectivity index (χ2n) is 3.87. The van der Waals surface area contributed by atoms with E-state index in [0.29, 0.717) is 22.1 Å². The van der Waals surface area contributed by atoms with Gasteiger partial charge < -0.3 is 20.3 Å². The first-order valence-corrected chi connectivity index (χ1v) is 5.76. The first-order chi connectivity index (χ1) is 8.49. The average Bonchev–Trinajstić information content (AvgIpc) is 2.35. The monoisotopic (exact) mass is 273 g/mol. The number of amides is 1. The number of methoxy groups -OCH3 is 1. The van der Waals surface area contributed by atoms with Crippen molar-refractivity contribution >= 4 is 17.5 Å². The van der Waals surface area contributed by atoms with Crippen LogP contribution in [0, 0.1) is 5.92 Å². The first-order valence-electron chi connectivity index (χ1n) is 5.39. The molecule has 100 valence electrons. The van der Waals surface area contributed by atoms with Crippen LogP contribution in [0.1, 0.15) is 12.5 Å². The molecule has 0 saturated heterocycles. The van der Waals surface area contributed by atoms with Crippen LogP contribution in [-0.2, 0) is 11.4 Å². The maximum absolute atomic E-state index is 10.9. The van der Waals surface area contributed by atoms with Crippen LogP contribution >= 0.6 is 11.6 Å². The van der Waals surface area contributed by atoms with E-state index in [1.54, 1.807) is 19.1 Å². The summed E-state index contributed by atoms with van der Waals surface area (Å²) in [5.41, 5.74) is 5.64.